The molecule has 0 fully saturated rings. The molecular formula is C8H6N2O2. The molecule has 1 heterocycles. The maximum Gasteiger partial charge on any atom is 0.261 e. The van der Waals surface area contributed by atoms with Gasteiger partial charge in [-0.2, -0.15) is 0 Å². The predicted molar refractivity (Wildman–Crippen MR) is 42.7 cm³/mol. The third-order valence-electron chi connectivity index (χ3n) is 1.80. The number of nitrogens with one attached hydrogen (secondary N) is 1. The molecule has 0 aliphatic carbocycles. The quantitative estimate of drug-likeness (QED) is 0.421. The van der Waals surface area contributed by atoms with Crippen LogP contribution in [-0.4, -0.2) is 11.8 Å². The lowest BCUT2D eigenvalue weighted by Crippen LogP contribution is -2.20. The van der Waals surface area contributed by atoms with Crippen LogP contribution in [0.4, 0.5) is 5.69 Å². The average Bonchev–Trinajstić information content (AvgIpc) is 2.29. The van der Waals surface area contributed by atoms with E-state index in [0.29, 0.717) is 16.8 Å². The number of imide groups is 1. The smallest absolute Gasteiger partial charge is 0.261 e. The molecule has 2 amide bonds. The molecule has 12 heavy (non-hydrogen) atoms. The second kappa shape index (κ2) is 2.07. The zero-order valence-corrected chi connectivity index (χ0v) is 6.13. The number of carbonyl (C=O) groups is 2. The van der Waals surface area contributed by atoms with Gasteiger partial charge >= 0.3 is 0 Å². The van der Waals surface area contributed by atoms with E-state index in [1.165, 1.54) is 0 Å². The Kier molecular flexibility index (Phi) is 1.18. The topological polar surface area (TPSA) is 72.2 Å². The first kappa shape index (κ1) is 6.84. The van der Waals surface area contributed by atoms with Gasteiger partial charge in [0.15, 0.2) is 0 Å². The van der Waals surface area contributed by atoms with Crippen molar-refractivity contribution < 1.29 is 9.59 Å². The second-order valence-electron chi connectivity index (χ2n) is 2.55. The summed E-state index contributed by atoms with van der Waals surface area (Å²) in [6, 6.07) is 4.81. The number of fused-ring (bicyclic) bond motifs is 1. The van der Waals surface area contributed by atoms with E-state index in [1.807, 2.05) is 0 Å². The van der Waals surface area contributed by atoms with E-state index in [0.717, 1.165) is 0 Å². The largest absolute Gasteiger partial charge is 0.398 e. The van der Waals surface area contributed by atoms with Gasteiger partial charge in [0.2, 0.25) is 0 Å². The molecule has 0 saturated carbocycles. The highest BCUT2D eigenvalue weighted by molar-refractivity contribution is 6.23. The molecule has 0 unspecified atom stereocenters. The molecule has 1 aliphatic heterocycles. The van der Waals surface area contributed by atoms with Crippen molar-refractivity contribution in [3.8, 4) is 0 Å². The van der Waals surface area contributed by atoms with E-state index < -0.39 is 5.91 Å². The van der Waals surface area contributed by atoms with E-state index in [-0.39, 0.29) is 5.91 Å². The Bertz CT molecular complexity index is 385. The van der Waals surface area contributed by atoms with Gasteiger partial charge in [0, 0.05) is 5.69 Å². The summed E-state index contributed by atoms with van der Waals surface area (Å²) in [5.74, 6) is -0.782. The zero-order valence-electron chi connectivity index (χ0n) is 6.13. The van der Waals surface area contributed by atoms with Gasteiger partial charge in [-0.05, 0) is 12.1 Å². The molecule has 0 aromatic heterocycles. The summed E-state index contributed by atoms with van der Waals surface area (Å²) in [4.78, 5) is 22.1. The summed E-state index contributed by atoms with van der Waals surface area (Å²) in [7, 11) is 0. The molecule has 0 bridgehead atoms. The molecule has 4 heteroatoms. The first-order chi connectivity index (χ1) is 5.70. The van der Waals surface area contributed by atoms with Gasteiger partial charge in [-0.1, -0.05) is 6.07 Å². The summed E-state index contributed by atoms with van der Waals surface area (Å²) < 4.78 is 0. The predicted octanol–water partition coefficient (Wildman–Crippen LogP) is 0.152. The van der Waals surface area contributed by atoms with Gasteiger partial charge in [-0.25, -0.2) is 0 Å². The molecule has 0 saturated heterocycles. The van der Waals surface area contributed by atoms with Crippen LogP contribution in [0.5, 0.6) is 0 Å². The Morgan fingerprint density at radius 1 is 1.17 bits per heavy atom. The number of rotatable bonds is 0. The van der Waals surface area contributed by atoms with E-state index in [4.69, 9.17) is 5.73 Å². The van der Waals surface area contributed by atoms with Crippen LogP contribution in [0.15, 0.2) is 18.2 Å². The fraction of sp³-hybridized carbons (Fsp3) is 0. The Hall–Kier alpha value is -1.84. The van der Waals surface area contributed by atoms with Crippen LogP contribution >= 0.6 is 0 Å². The monoisotopic (exact) mass is 162 g/mol. The van der Waals surface area contributed by atoms with E-state index in [9.17, 15) is 9.59 Å². The lowest BCUT2D eigenvalue weighted by molar-refractivity contribution is 0.0880. The zero-order chi connectivity index (χ0) is 8.72. The van der Waals surface area contributed by atoms with Crippen LogP contribution in [0, 0.1) is 0 Å². The maximum absolute atomic E-state index is 11.1. The lowest BCUT2D eigenvalue weighted by Gasteiger charge is -1.96. The number of amides is 2. The molecule has 3 N–H and O–H groups in total. The minimum Gasteiger partial charge on any atom is -0.398 e. The van der Waals surface area contributed by atoms with Crippen molar-refractivity contribution >= 4 is 17.5 Å². The number of anilines is 1. The van der Waals surface area contributed by atoms with Crippen molar-refractivity contribution in [1.82, 2.24) is 5.32 Å². The van der Waals surface area contributed by atoms with Gasteiger partial charge in [0.25, 0.3) is 11.8 Å². The molecule has 0 atom stereocenters. The molecule has 2 rings (SSSR count). The summed E-state index contributed by atoms with van der Waals surface area (Å²) in [6.45, 7) is 0. The van der Waals surface area contributed by atoms with E-state index in [2.05, 4.69) is 5.32 Å². The summed E-state index contributed by atoms with van der Waals surface area (Å²) >= 11 is 0. The fourth-order valence-corrected chi connectivity index (χ4v) is 1.25. The van der Waals surface area contributed by atoms with Crippen molar-refractivity contribution in [3.05, 3.63) is 29.3 Å². The first-order valence-corrected chi connectivity index (χ1v) is 3.44. The van der Waals surface area contributed by atoms with Gasteiger partial charge < -0.3 is 5.73 Å². The van der Waals surface area contributed by atoms with Gasteiger partial charge in [0.05, 0.1) is 11.1 Å². The third-order valence-corrected chi connectivity index (χ3v) is 1.80. The van der Waals surface area contributed by atoms with Gasteiger partial charge in [0.1, 0.15) is 0 Å². The maximum atomic E-state index is 11.1. The molecule has 0 radical (unpaired) electrons. The van der Waals surface area contributed by atoms with Crippen molar-refractivity contribution in [1.29, 1.82) is 0 Å². The lowest BCUT2D eigenvalue weighted by atomic mass is 10.1. The van der Waals surface area contributed by atoms with Crippen LogP contribution in [0.3, 0.4) is 0 Å². The van der Waals surface area contributed by atoms with Crippen LogP contribution in [0.25, 0.3) is 0 Å². The average molecular weight is 162 g/mol. The highest BCUT2D eigenvalue weighted by Crippen LogP contribution is 2.20. The highest BCUT2D eigenvalue weighted by Gasteiger charge is 2.27. The Balaban J connectivity index is 2.75. The standard InChI is InChI=1S/C8H6N2O2/c9-5-3-1-2-4-6(5)8(12)10-7(4)11/h1-3H,9H2,(H,10,11,12). The SMILES string of the molecule is Nc1cccc2c1C(=O)NC2=O. The Morgan fingerprint density at radius 2 is 1.92 bits per heavy atom. The minimum atomic E-state index is -0.409. The summed E-state index contributed by atoms with van der Waals surface area (Å²) in [5, 5.41) is 2.17. The molecular weight excluding hydrogens is 156 g/mol. The van der Waals surface area contributed by atoms with Crippen LogP contribution in [-0.2, 0) is 0 Å². The number of hydrogen-bond donors (Lipinski definition) is 2. The number of benzene rings is 1. The van der Waals surface area contributed by atoms with Crippen LogP contribution in [0.1, 0.15) is 20.7 Å². The third kappa shape index (κ3) is 0.717. The molecule has 1 aromatic rings. The van der Waals surface area contributed by atoms with E-state index in [1.54, 1.807) is 18.2 Å². The Morgan fingerprint density at radius 3 is 2.58 bits per heavy atom. The normalized spacial score (nSPS) is 14.3. The van der Waals surface area contributed by atoms with Gasteiger partial charge in [-0.3, -0.25) is 14.9 Å². The van der Waals surface area contributed by atoms with Crippen molar-refractivity contribution in [2.45, 2.75) is 0 Å². The minimum absolute atomic E-state index is 0.294. The number of hydrogen-bond acceptors (Lipinski definition) is 3. The molecule has 0 spiro atoms. The first-order valence-electron chi connectivity index (χ1n) is 3.44. The second-order valence-corrected chi connectivity index (χ2v) is 2.55. The fourth-order valence-electron chi connectivity index (χ4n) is 1.25. The van der Waals surface area contributed by atoms with E-state index >= 15 is 0 Å². The number of nitrogen functional groups attached to an aromatic ring is 1. The molecule has 60 valence electrons. The number of nitrogens with two attached hydrogens (primary N) is 1. The Labute approximate surface area is 68.4 Å². The molecule has 1 aliphatic rings. The van der Waals surface area contributed by atoms with Crippen molar-refractivity contribution in [2.24, 2.45) is 0 Å². The molecule has 1 aromatic carbocycles. The van der Waals surface area contributed by atoms with Crippen molar-refractivity contribution in [2.75, 3.05) is 5.73 Å². The number of carbonyl (C=O) groups excluding carboxylic acids is 2. The van der Waals surface area contributed by atoms with Crippen molar-refractivity contribution in [3.63, 3.8) is 0 Å². The summed E-state index contributed by atoms with van der Waals surface area (Å²) in [5.41, 5.74) is 6.51. The van der Waals surface area contributed by atoms with Crippen LogP contribution in [0.2, 0.25) is 0 Å². The van der Waals surface area contributed by atoms with Gasteiger partial charge in [-0.15, -0.1) is 0 Å². The summed E-state index contributed by atoms with van der Waals surface area (Å²) in [6.07, 6.45) is 0. The molecule has 4 nitrogen and oxygen atoms in total. The van der Waals surface area contributed by atoms with Crippen LogP contribution < -0.4 is 11.1 Å². The highest BCUT2D eigenvalue weighted by atomic mass is 16.2.